The molecule has 0 aliphatic carbocycles. The number of likely N-dealkylation sites (N-methyl/N-ethyl adjacent to an activating group) is 2. The SMILES string of the molecule is CNC1=CC(NC)(NC)Nc2ccc(-c3cccc(OC)c3)c(COC(=O)c3ccccc3)c21. The van der Waals surface area contributed by atoms with Crippen molar-refractivity contribution in [3.63, 3.8) is 0 Å². The van der Waals surface area contributed by atoms with E-state index in [0.717, 1.165) is 39.4 Å². The Labute approximate surface area is 200 Å². The van der Waals surface area contributed by atoms with Crippen LogP contribution in [0.25, 0.3) is 16.8 Å². The molecule has 1 heterocycles. The monoisotopic (exact) mass is 458 g/mol. The van der Waals surface area contributed by atoms with Gasteiger partial charge in [-0.05, 0) is 61.6 Å². The number of benzene rings is 3. The van der Waals surface area contributed by atoms with Crippen molar-refractivity contribution in [1.82, 2.24) is 16.0 Å². The molecule has 3 aromatic carbocycles. The molecule has 7 heteroatoms. The summed E-state index contributed by atoms with van der Waals surface area (Å²) in [6, 6.07) is 21.0. The average Bonchev–Trinajstić information content (AvgIpc) is 2.91. The molecule has 4 rings (SSSR count). The molecular weight excluding hydrogens is 428 g/mol. The van der Waals surface area contributed by atoms with Crippen molar-refractivity contribution in [1.29, 1.82) is 0 Å². The largest absolute Gasteiger partial charge is 0.497 e. The summed E-state index contributed by atoms with van der Waals surface area (Å²) in [7, 11) is 7.29. The molecular formula is C27H30N4O3. The Morgan fingerprint density at radius 2 is 1.74 bits per heavy atom. The number of anilines is 1. The maximum absolute atomic E-state index is 12.8. The van der Waals surface area contributed by atoms with Crippen LogP contribution in [0.3, 0.4) is 0 Å². The number of esters is 1. The highest BCUT2D eigenvalue weighted by molar-refractivity contribution is 5.90. The lowest BCUT2D eigenvalue weighted by Gasteiger charge is -2.38. The third-order valence-electron chi connectivity index (χ3n) is 6.07. The van der Waals surface area contributed by atoms with Gasteiger partial charge in [0.2, 0.25) is 0 Å². The van der Waals surface area contributed by atoms with Gasteiger partial charge >= 0.3 is 5.97 Å². The van der Waals surface area contributed by atoms with Crippen LogP contribution in [0.1, 0.15) is 21.5 Å². The first-order chi connectivity index (χ1) is 16.5. The number of rotatable bonds is 8. The molecule has 1 aliphatic heterocycles. The van der Waals surface area contributed by atoms with E-state index in [-0.39, 0.29) is 12.6 Å². The fourth-order valence-corrected chi connectivity index (χ4v) is 4.19. The quantitative estimate of drug-likeness (QED) is 0.302. The second kappa shape index (κ2) is 9.99. The Kier molecular flexibility index (Phi) is 6.86. The molecule has 0 atom stereocenters. The summed E-state index contributed by atoms with van der Waals surface area (Å²) in [6.45, 7) is 0.107. The molecule has 0 radical (unpaired) electrons. The van der Waals surface area contributed by atoms with E-state index in [1.165, 1.54) is 0 Å². The third-order valence-corrected chi connectivity index (χ3v) is 6.07. The van der Waals surface area contributed by atoms with E-state index in [4.69, 9.17) is 9.47 Å². The zero-order valence-corrected chi connectivity index (χ0v) is 19.9. The molecule has 0 saturated heterocycles. The standard InChI is InChI=1S/C27H30N4O3/c1-28-24-16-27(29-2,30-3)31-23-14-13-21(19-11-8-12-20(15-19)33-4)22(25(23)24)17-34-26(32)18-9-6-5-7-10-18/h5-16,28-31H,17H2,1-4H3. The maximum atomic E-state index is 12.8. The van der Waals surface area contributed by atoms with Gasteiger partial charge in [0.25, 0.3) is 0 Å². The van der Waals surface area contributed by atoms with Gasteiger partial charge < -0.3 is 20.1 Å². The lowest BCUT2D eigenvalue weighted by atomic mass is 9.90. The molecule has 0 aromatic heterocycles. The van der Waals surface area contributed by atoms with Gasteiger partial charge in [0.05, 0.1) is 12.7 Å². The summed E-state index contributed by atoms with van der Waals surface area (Å²) in [5, 5.41) is 13.4. The van der Waals surface area contributed by atoms with Crippen LogP contribution >= 0.6 is 0 Å². The minimum absolute atomic E-state index is 0.107. The smallest absolute Gasteiger partial charge is 0.338 e. The lowest BCUT2D eigenvalue weighted by Crippen LogP contribution is -2.60. The second-order valence-electron chi connectivity index (χ2n) is 7.93. The van der Waals surface area contributed by atoms with Crippen molar-refractivity contribution in [2.45, 2.75) is 12.4 Å². The predicted molar refractivity (Wildman–Crippen MR) is 136 cm³/mol. The second-order valence-corrected chi connectivity index (χ2v) is 7.93. The van der Waals surface area contributed by atoms with Gasteiger partial charge in [-0.3, -0.25) is 10.6 Å². The van der Waals surface area contributed by atoms with Crippen molar-refractivity contribution >= 4 is 17.4 Å². The van der Waals surface area contributed by atoms with Crippen LogP contribution in [0.5, 0.6) is 5.75 Å². The molecule has 0 bridgehead atoms. The van der Waals surface area contributed by atoms with Crippen molar-refractivity contribution in [3.05, 3.63) is 89.5 Å². The minimum atomic E-state index is -0.624. The number of hydrogen-bond acceptors (Lipinski definition) is 7. The van der Waals surface area contributed by atoms with E-state index in [1.54, 1.807) is 19.2 Å². The van der Waals surface area contributed by atoms with Gasteiger partial charge in [0.1, 0.15) is 12.4 Å². The van der Waals surface area contributed by atoms with E-state index in [0.29, 0.717) is 5.56 Å². The van der Waals surface area contributed by atoms with E-state index < -0.39 is 5.79 Å². The lowest BCUT2D eigenvalue weighted by molar-refractivity contribution is 0.0473. The highest BCUT2D eigenvalue weighted by atomic mass is 16.5. The van der Waals surface area contributed by atoms with Gasteiger partial charge in [0, 0.05) is 29.6 Å². The summed E-state index contributed by atoms with van der Waals surface area (Å²) in [5.74, 6) is -0.233. The normalized spacial score (nSPS) is 13.8. The first kappa shape index (κ1) is 23.4. The maximum Gasteiger partial charge on any atom is 0.338 e. The number of hydrogen-bond donors (Lipinski definition) is 4. The Morgan fingerprint density at radius 1 is 0.971 bits per heavy atom. The predicted octanol–water partition coefficient (Wildman–Crippen LogP) is 3.80. The van der Waals surface area contributed by atoms with Crippen LogP contribution < -0.4 is 26.0 Å². The topological polar surface area (TPSA) is 83.7 Å². The first-order valence-corrected chi connectivity index (χ1v) is 11.1. The summed E-state index contributed by atoms with van der Waals surface area (Å²) >= 11 is 0. The highest BCUT2D eigenvalue weighted by Gasteiger charge is 2.32. The molecule has 7 nitrogen and oxygen atoms in total. The highest BCUT2D eigenvalue weighted by Crippen LogP contribution is 2.39. The van der Waals surface area contributed by atoms with Crippen LogP contribution in [0.15, 0.2) is 72.8 Å². The van der Waals surface area contributed by atoms with Crippen LogP contribution in [-0.4, -0.2) is 40.0 Å². The number of ether oxygens (including phenoxy) is 2. The molecule has 1 aliphatic rings. The molecule has 0 spiro atoms. The summed E-state index contributed by atoms with van der Waals surface area (Å²) < 4.78 is 11.3. The first-order valence-electron chi connectivity index (χ1n) is 11.1. The number of carbonyl (C=O) groups excluding carboxylic acids is 1. The third kappa shape index (κ3) is 4.48. The van der Waals surface area contributed by atoms with E-state index in [2.05, 4.69) is 21.3 Å². The number of carbonyl (C=O) groups is 1. The summed E-state index contributed by atoms with van der Waals surface area (Å²) in [5.41, 5.74) is 6.11. The van der Waals surface area contributed by atoms with Crippen molar-refractivity contribution in [3.8, 4) is 16.9 Å². The van der Waals surface area contributed by atoms with Crippen molar-refractivity contribution in [2.24, 2.45) is 0 Å². The van der Waals surface area contributed by atoms with Crippen LogP contribution in [0.2, 0.25) is 0 Å². The molecule has 3 aromatic rings. The summed E-state index contributed by atoms with van der Waals surface area (Å²) in [6.07, 6.45) is 2.05. The average molecular weight is 459 g/mol. The van der Waals surface area contributed by atoms with Crippen LogP contribution in [0.4, 0.5) is 5.69 Å². The molecule has 0 unspecified atom stereocenters. The van der Waals surface area contributed by atoms with Crippen molar-refractivity contribution < 1.29 is 14.3 Å². The molecule has 4 N–H and O–H groups in total. The number of methoxy groups -OCH3 is 1. The van der Waals surface area contributed by atoms with Crippen LogP contribution in [0, 0.1) is 0 Å². The number of nitrogens with one attached hydrogen (secondary N) is 4. The number of fused-ring (bicyclic) bond motifs is 1. The molecule has 0 fully saturated rings. The molecule has 176 valence electrons. The van der Waals surface area contributed by atoms with Gasteiger partial charge in [-0.25, -0.2) is 4.79 Å². The van der Waals surface area contributed by atoms with E-state index in [1.807, 2.05) is 81.8 Å². The molecule has 0 amide bonds. The van der Waals surface area contributed by atoms with Gasteiger partial charge in [-0.15, -0.1) is 0 Å². The van der Waals surface area contributed by atoms with Gasteiger partial charge in [-0.1, -0.05) is 36.4 Å². The fourth-order valence-electron chi connectivity index (χ4n) is 4.19. The minimum Gasteiger partial charge on any atom is -0.497 e. The Balaban J connectivity index is 1.83. The molecule has 0 saturated carbocycles. The Bertz CT molecular complexity index is 1200. The Hall–Kier alpha value is -3.81. The fraction of sp³-hybridized carbons (Fsp3) is 0.222. The van der Waals surface area contributed by atoms with E-state index >= 15 is 0 Å². The van der Waals surface area contributed by atoms with Gasteiger partial charge in [0.15, 0.2) is 5.79 Å². The van der Waals surface area contributed by atoms with Crippen LogP contribution in [-0.2, 0) is 11.3 Å². The Morgan fingerprint density at radius 3 is 2.41 bits per heavy atom. The summed E-state index contributed by atoms with van der Waals surface area (Å²) in [4.78, 5) is 12.8. The zero-order chi connectivity index (χ0) is 24.1. The van der Waals surface area contributed by atoms with E-state index in [9.17, 15) is 4.79 Å². The van der Waals surface area contributed by atoms with Gasteiger partial charge in [-0.2, -0.15) is 0 Å². The zero-order valence-electron chi connectivity index (χ0n) is 19.9. The van der Waals surface area contributed by atoms with Crippen molar-refractivity contribution in [2.75, 3.05) is 33.6 Å². The molecule has 34 heavy (non-hydrogen) atoms.